The van der Waals surface area contributed by atoms with Gasteiger partial charge >= 0.3 is 0 Å². The minimum Gasteiger partial charge on any atom is -0.508 e. The molecule has 0 radical (unpaired) electrons. The van der Waals surface area contributed by atoms with E-state index in [4.69, 9.17) is 22.1 Å². The van der Waals surface area contributed by atoms with Gasteiger partial charge in [-0.05, 0) is 35.7 Å². The van der Waals surface area contributed by atoms with Crippen LogP contribution in [0.25, 0.3) is 0 Å². The number of rotatable bonds is 2. The third kappa shape index (κ3) is 2.60. The van der Waals surface area contributed by atoms with Gasteiger partial charge in [0.2, 0.25) is 5.88 Å². The number of halogens is 1. The largest absolute Gasteiger partial charge is 0.508 e. The van der Waals surface area contributed by atoms with Gasteiger partial charge in [0.25, 0.3) is 0 Å². The summed E-state index contributed by atoms with van der Waals surface area (Å²) in [6.45, 7) is 1.96. The summed E-state index contributed by atoms with van der Waals surface area (Å²) in [6.07, 6.45) is 0.674. The van der Waals surface area contributed by atoms with Gasteiger partial charge in [-0.25, -0.2) is 0 Å². The molecule has 0 saturated carbocycles. The fourth-order valence-corrected chi connectivity index (χ4v) is 2.95. The molecular weight excluding hydrogens is 312 g/mol. The Hall–Kier alpha value is -2.64. The fourth-order valence-electron chi connectivity index (χ4n) is 2.82. The average molecular weight is 327 g/mol. The molecule has 1 unspecified atom stereocenters. The molecule has 0 saturated heterocycles. The standard InChI is InChI=1S/C18H15ClN2O2/c1-2-10-7-13-16(8-15(10)22)23-18(21)14(9-20)17(13)11-3-5-12(19)6-4-11/h3-8,17,22H,2,21H2,1H3. The van der Waals surface area contributed by atoms with Gasteiger partial charge < -0.3 is 15.6 Å². The lowest BCUT2D eigenvalue weighted by Gasteiger charge is -2.27. The number of aryl methyl sites for hydroxylation is 1. The van der Waals surface area contributed by atoms with Crippen LogP contribution in [-0.4, -0.2) is 5.11 Å². The summed E-state index contributed by atoms with van der Waals surface area (Å²) in [7, 11) is 0. The molecular formula is C18H15ClN2O2. The summed E-state index contributed by atoms with van der Waals surface area (Å²) < 4.78 is 5.54. The topological polar surface area (TPSA) is 79.3 Å². The van der Waals surface area contributed by atoms with Gasteiger partial charge in [-0.1, -0.05) is 30.7 Å². The lowest BCUT2D eigenvalue weighted by Crippen LogP contribution is -2.21. The van der Waals surface area contributed by atoms with Crippen molar-refractivity contribution in [1.82, 2.24) is 0 Å². The Morgan fingerprint density at radius 2 is 2.00 bits per heavy atom. The first kappa shape index (κ1) is 15.3. The smallest absolute Gasteiger partial charge is 0.205 e. The van der Waals surface area contributed by atoms with Crippen LogP contribution >= 0.6 is 11.6 Å². The van der Waals surface area contributed by atoms with Gasteiger partial charge in [-0.15, -0.1) is 0 Å². The lowest BCUT2D eigenvalue weighted by molar-refractivity contribution is 0.387. The van der Waals surface area contributed by atoms with Crippen LogP contribution in [0.4, 0.5) is 0 Å². The van der Waals surface area contributed by atoms with Crippen molar-refractivity contribution < 1.29 is 9.84 Å². The quantitative estimate of drug-likeness (QED) is 0.879. The van der Waals surface area contributed by atoms with Crippen molar-refractivity contribution in [3.05, 3.63) is 69.6 Å². The van der Waals surface area contributed by atoms with E-state index in [1.54, 1.807) is 18.2 Å². The third-order valence-electron chi connectivity index (χ3n) is 4.00. The Balaban J connectivity index is 2.24. The van der Waals surface area contributed by atoms with Crippen molar-refractivity contribution in [2.75, 3.05) is 0 Å². The summed E-state index contributed by atoms with van der Waals surface area (Å²) in [5.41, 5.74) is 8.77. The number of fused-ring (bicyclic) bond motifs is 1. The maximum Gasteiger partial charge on any atom is 0.205 e. The molecule has 1 heterocycles. The summed E-state index contributed by atoms with van der Waals surface area (Å²) >= 11 is 5.96. The van der Waals surface area contributed by atoms with Crippen molar-refractivity contribution in [1.29, 1.82) is 5.26 Å². The number of ether oxygens (including phenoxy) is 1. The number of allylic oxidation sites excluding steroid dienone is 1. The molecule has 3 rings (SSSR count). The van der Waals surface area contributed by atoms with E-state index in [9.17, 15) is 10.4 Å². The second kappa shape index (κ2) is 5.86. The van der Waals surface area contributed by atoms with Crippen molar-refractivity contribution >= 4 is 11.6 Å². The van der Waals surface area contributed by atoms with Gasteiger partial charge in [0.15, 0.2) is 0 Å². The zero-order valence-electron chi connectivity index (χ0n) is 12.5. The molecule has 4 nitrogen and oxygen atoms in total. The highest BCUT2D eigenvalue weighted by molar-refractivity contribution is 6.30. The Kier molecular flexibility index (Phi) is 3.89. The number of nitrogens with zero attached hydrogens (tertiary/aromatic N) is 1. The first-order chi connectivity index (χ1) is 11.0. The molecule has 0 aromatic heterocycles. The normalized spacial score (nSPS) is 16.5. The number of benzene rings is 2. The number of hydrogen-bond acceptors (Lipinski definition) is 4. The summed E-state index contributed by atoms with van der Waals surface area (Å²) in [5.74, 6) is 0.348. The van der Waals surface area contributed by atoms with Crippen LogP contribution in [0, 0.1) is 11.3 Å². The Labute approximate surface area is 139 Å². The van der Waals surface area contributed by atoms with E-state index in [2.05, 4.69) is 6.07 Å². The highest BCUT2D eigenvalue weighted by Crippen LogP contribution is 2.44. The molecule has 3 N–H and O–H groups in total. The third-order valence-corrected chi connectivity index (χ3v) is 4.25. The minimum absolute atomic E-state index is 0.0589. The Morgan fingerprint density at radius 3 is 2.61 bits per heavy atom. The second-order valence-electron chi connectivity index (χ2n) is 5.35. The Bertz CT molecular complexity index is 835. The number of hydrogen-bond donors (Lipinski definition) is 2. The van der Waals surface area contributed by atoms with Gasteiger partial charge in [-0.2, -0.15) is 5.26 Å². The molecule has 0 amide bonds. The molecule has 1 aliphatic heterocycles. The maximum absolute atomic E-state index is 10.0. The lowest BCUT2D eigenvalue weighted by atomic mass is 9.82. The van der Waals surface area contributed by atoms with Crippen molar-refractivity contribution in [3.63, 3.8) is 0 Å². The molecule has 23 heavy (non-hydrogen) atoms. The minimum atomic E-state index is -0.341. The van der Waals surface area contributed by atoms with E-state index in [0.29, 0.717) is 22.8 Å². The zero-order chi connectivity index (χ0) is 16.6. The molecule has 0 bridgehead atoms. The van der Waals surface area contributed by atoms with E-state index < -0.39 is 0 Å². The van der Waals surface area contributed by atoms with Crippen LogP contribution in [0.5, 0.6) is 11.5 Å². The van der Waals surface area contributed by atoms with Crippen molar-refractivity contribution in [2.45, 2.75) is 19.3 Å². The van der Waals surface area contributed by atoms with Crippen LogP contribution in [0.15, 0.2) is 47.9 Å². The van der Waals surface area contributed by atoms with E-state index in [1.165, 1.54) is 0 Å². The predicted molar refractivity (Wildman–Crippen MR) is 88.2 cm³/mol. The van der Waals surface area contributed by atoms with Gasteiger partial charge in [0.1, 0.15) is 23.1 Å². The molecule has 1 atom stereocenters. The highest BCUT2D eigenvalue weighted by Gasteiger charge is 2.31. The molecule has 2 aromatic rings. The number of aromatic hydroxyl groups is 1. The first-order valence-corrected chi connectivity index (χ1v) is 7.61. The maximum atomic E-state index is 10.0. The van der Waals surface area contributed by atoms with Gasteiger partial charge in [0, 0.05) is 16.7 Å². The summed E-state index contributed by atoms with van der Waals surface area (Å²) in [6, 6.07) is 12.9. The fraction of sp³-hybridized carbons (Fsp3) is 0.167. The zero-order valence-corrected chi connectivity index (χ0v) is 13.3. The van der Waals surface area contributed by atoms with Crippen LogP contribution in [0.3, 0.4) is 0 Å². The number of phenols is 1. The SMILES string of the molecule is CCc1cc2c(cc1O)OC(N)=C(C#N)C2c1ccc(Cl)cc1. The first-order valence-electron chi connectivity index (χ1n) is 7.24. The highest BCUT2D eigenvalue weighted by atomic mass is 35.5. The second-order valence-corrected chi connectivity index (χ2v) is 5.79. The monoisotopic (exact) mass is 326 g/mol. The average Bonchev–Trinajstić information content (AvgIpc) is 2.54. The molecule has 0 spiro atoms. The van der Waals surface area contributed by atoms with Crippen LogP contribution in [0.2, 0.25) is 5.02 Å². The number of phenolic OH excluding ortho intramolecular Hbond substituents is 1. The molecule has 5 heteroatoms. The van der Waals surface area contributed by atoms with E-state index in [1.807, 2.05) is 25.1 Å². The van der Waals surface area contributed by atoms with E-state index in [0.717, 1.165) is 16.7 Å². The number of nitrogens with two attached hydrogens (primary N) is 1. The van der Waals surface area contributed by atoms with Crippen molar-refractivity contribution in [2.24, 2.45) is 5.73 Å². The van der Waals surface area contributed by atoms with E-state index in [-0.39, 0.29) is 17.6 Å². The van der Waals surface area contributed by atoms with Crippen LogP contribution < -0.4 is 10.5 Å². The Morgan fingerprint density at radius 1 is 1.30 bits per heavy atom. The molecule has 0 aliphatic carbocycles. The molecule has 0 fully saturated rings. The summed E-state index contributed by atoms with van der Waals surface area (Å²) in [4.78, 5) is 0. The predicted octanol–water partition coefficient (Wildman–Crippen LogP) is 3.83. The van der Waals surface area contributed by atoms with Gasteiger partial charge in [0.05, 0.1) is 5.92 Å². The molecule has 2 aromatic carbocycles. The molecule has 116 valence electrons. The van der Waals surface area contributed by atoms with Crippen LogP contribution in [0.1, 0.15) is 29.5 Å². The van der Waals surface area contributed by atoms with E-state index >= 15 is 0 Å². The van der Waals surface area contributed by atoms with Crippen LogP contribution in [-0.2, 0) is 6.42 Å². The molecule has 1 aliphatic rings. The van der Waals surface area contributed by atoms with Gasteiger partial charge in [-0.3, -0.25) is 0 Å². The summed E-state index contributed by atoms with van der Waals surface area (Å²) in [5, 5.41) is 20.2. The van der Waals surface area contributed by atoms with Crippen molar-refractivity contribution in [3.8, 4) is 17.6 Å². The number of nitriles is 1.